The van der Waals surface area contributed by atoms with Gasteiger partial charge in [0.2, 0.25) is 11.8 Å². The van der Waals surface area contributed by atoms with E-state index < -0.39 is 12.1 Å². The number of nitrogens with one attached hydrogen (secondary N) is 2. The first kappa shape index (κ1) is 21.1. The van der Waals surface area contributed by atoms with Crippen molar-refractivity contribution in [1.29, 1.82) is 0 Å². The van der Waals surface area contributed by atoms with E-state index in [0.717, 1.165) is 38.5 Å². The zero-order chi connectivity index (χ0) is 19.6. The van der Waals surface area contributed by atoms with E-state index in [4.69, 9.17) is 11.5 Å². The lowest BCUT2D eigenvalue weighted by molar-refractivity contribution is -0.139. The highest BCUT2D eigenvalue weighted by molar-refractivity contribution is 5.89. The van der Waals surface area contributed by atoms with Crippen LogP contribution in [0.25, 0.3) is 0 Å². The Morgan fingerprint density at radius 1 is 1.26 bits per heavy atom. The molecule has 2 fully saturated rings. The molecule has 2 heterocycles. The van der Waals surface area contributed by atoms with Crippen LogP contribution in [0.5, 0.6) is 0 Å². The van der Waals surface area contributed by atoms with Crippen LogP contribution in [0.15, 0.2) is 4.99 Å². The normalized spacial score (nSPS) is 23.5. The lowest BCUT2D eigenvalue weighted by Crippen LogP contribution is -2.50. The molecule has 0 aromatic rings. The minimum absolute atomic E-state index is 0.00857. The van der Waals surface area contributed by atoms with E-state index in [2.05, 4.69) is 15.6 Å². The molecule has 2 rings (SSSR count). The van der Waals surface area contributed by atoms with Crippen LogP contribution in [-0.2, 0) is 14.4 Å². The van der Waals surface area contributed by atoms with Crippen molar-refractivity contribution in [1.82, 2.24) is 15.5 Å². The highest BCUT2D eigenvalue weighted by Crippen LogP contribution is 2.21. The van der Waals surface area contributed by atoms with Crippen molar-refractivity contribution >= 4 is 24.1 Å². The van der Waals surface area contributed by atoms with E-state index in [1.54, 1.807) is 4.90 Å². The molecule has 0 radical (unpaired) electrons. The molecular weight excluding hydrogens is 348 g/mol. The van der Waals surface area contributed by atoms with Gasteiger partial charge < -0.3 is 31.8 Å². The minimum atomic E-state index is -0.593. The average molecular weight is 380 g/mol. The Labute approximate surface area is 160 Å². The van der Waals surface area contributed by atoms with Crippen LogP contribution in [0, 0.1) is 0 Å². The third-order valence-corrected chi connectivity index (χ3v) is 5.17. The van der Waals surface area contributed by atoms with Crippen molar-refractivity contribution in [3.05, 3.63) is 0 Å². The number of carbonyl (C=O) groups is 3. The number of hydrogen-bond donors (Lipinski definition) is 4. The summed E-state index contributed by atoms with van der Waals surface area (Å²) in [6, 6.07) is -0.876. The summed E-state index contributed by atoms with van der Waals surface area (Å²) >= 11 is 0. The minimum Gasteiger partial charge on any atom is -0.370 e. The molecule has 152 valence electrons. The smallest absolute Gasteiger partial charge is 0.243 e. The summed E-state index contributed by atoms with van der Waals surface area (Å²) in [4.78, 5) is 42.1. The molecule has 27 heavy (non-hydrogen) atoms. The number of piperidine rings is 1. The molecule has 2 aliphatic heterocycles. The van der Waals surface area contributed by atoms with Gasteiger partial charge in [0.1, 0.15) is 12.3 Å². The predicted octanol–water partition coefficient (Wildman–Crippen LogP) is -0.753. The lowest BCUT2D eigenvalue weighted by Gasteiger charge is -2.29. The van der Waals surface area contributed by atoms with Crippen LogP contribution in [0.2, 0.25) is 0 Å². The van der Waals surface area contributed by atoms with Crippen LogP contribution in [0.4, 0.5) is 0 Å². The molecule has 9 heteroatoms. The van der Waals surface area contributed by atoms with Gasteiger partial charge in [0.15, 0.2) is 5.96 Å². The van der Waals surface area contributed by atoms with Crippen molar-refractivity contribution in [2.45, 2.75) is 69.5 Å². The standard InChI is InChI=1S/C18H32N6O3/c19-18(20)22-9-3-6-14(12-25)23-17(27)15-7-4-10-24(15)16(26)11-13-5-1-2-8-21-13/h12-15,21H,1-11H2,(H,23,27)(H4,19,20,22)/t13?,14-,15-/m0/s1. The summed E-state index contributed by atoms with van der Waals surface area (Å²) < 4.78 is 0. The molecule has 0 spiro atoms. The summed E-state index contributed by atoms with van der Waals surface area (Å²) in [6.45, 7) is 1.95. The summed E-state index contributed by atoms with van der Waals surface area (Å²) in [5.74, 6) is -0.229. The molecule has 9 nitrogen and oxygen atoms in total. The summed E-state index contributed by atoms with van der Waals surface area (Å²) in [6.07, 6.45) is 6.92. The quantitative estimate of drug-likeness (QED) is 0.179. The maximum absolute atomic E-state index is 12.7. The number of nitrogens with two attached hydrogens (primary N) is 2. The van der Waals surface area contributed by atoms with Gasteiger partial charge in [0.05, 0.1) is 6.04 Å². The predicted molar refractivity (Wildman–Crippen MR) is 103 cm³/mol. The molecule has 1 unspecified atom stereocenters. The molecule has 2 amide bonds. The second-order valence-electron chi connectivity index (χ2n) is 7.30. The number of guanidine groups is 1. The van der Waals surface area contributed by atoms with Crippen LogP contribution < -0.4 is 22.1 Å². The third-order valence-electron chi connectivity index (χ3n) is 5.17. The zero-order valence-corrected chi connectivity index (χ0v) is 15.9. The van der Waals surface area contributed by atoms with Gasteiger partial charge in [-0.15, -0.1) is 0 Å². The van der Waals surface area contributed by atoms with E-state index in [1.807, 2.05) is 0 Å². The first-order valence-corrected chi connectivity index (χ1v) is 9.85. The first-order chi connectivity index (χ1) is 13.0. The number of hydrogen-bond acceptors (Lipinski definition) is 5. The maximum atomic E-state index is 12.7. The summed E-state index contributed by atoms with van der Waals surface area (Å²) in [5.41, 5.74) is 10.5. The van der Waals surface area contributed by atoms with Crippen molar-refractivity contribution in [2.24, 2.45) is 16.5 Å². The second kappa shape index (κ2) is 10.9. The van der Waals surface area contributed by atoms with E-state index in [9.17, 15) is 14.4 Å². The molecule has 0 aromatic heterocycles. The molecule has 3 atom stereocenters. The van der Waals surface area contributed by atoms with Gasteiger partial charge in [-0.25, -0.2) is 0 Å². The number of likely N-dealkylation sites (tertiary alicyclic amines) is 1. The van der Waals surface area contributed by atoms with Crippen LogP contribution in [0.3, 0.4) is 0 Å². The van der Waals surface area contributed by atoms with Gasteiger partial charge >= 0.3 is 0 Å². The Bertz CT molecular complexity index is 543. The van der Waals surface area contributed by atoms with Crippen LogP contribution >= 0.6 is 0 Å². The zero-order valence-electron chi connectivity index (χ0n) is 15.9. The molecule has 2 saturated heterocycles. The Morgan fingerprint density at radius 3 is 2.74 bits per heavy atom. The number of rotatable bonds is 9. The topological polar surface area (TPSA) is 143 Å². The highest BCUT2D eigenvalue weighted by Gasteiger charge is 2.35. The number of aldehydes is 1. The monoisotopic (exact) mass is 380 g/mol. The maximum Gasteiger partial charge on any atom is 0.243 e. The lowest BCUT2D eigenvalue weighted by atomic mass is 10.0. The molecular formula is C18H32N6O3. The SMILES string of the molecule is NC(N)=NCCC[C@@H](C=O)NC(=O)[C@@H]1CCCN1C(=O)CC1CCCCN1. The molecule has 0 aromatic carbocycles. The molecule has 0 saturated carbocycles. The summed E-state index contributed by atoms with van der Waals surface area (Å²) in [5, 5.41) is 6.13. The molecule has 0 aliphatic carbocycles. The van der Waals surface area contributed by atoms with E-state index in [0.29, 0.717) is 38.8 Å². The third kappa shape index (κ3) is 6.82. The van der Waals surface area contributed by atoms with Gasteiger partial charge in [-0.3, -0.25) is 14.6 Å². The summed E-state index contributed by atoms with van der Waals surface area (Å²) in [7, 11) is 0. The molecule has 2 aliphatic rings. The van der Waals surface area contributed by atoms with Crippen molar-refractivity contribution in [2.75, 3.05) is 19.6 Å². The van der Waals surface area contributed by atoms with E-state index >= 15 is 0 Å². The highest BCUT2D eigenvalue weighted by atomic mass is 16.2. The van der Waals surface area contributed by atoms with Gasteiger partial charge in [-0.05, 0) is 45.1 Å². The fourth-order valence-corrected chi connectivity index (χ4v) is 3.74. The Kier molecular flexibility index (Phi) is 8.50. The van der Waals surface area contributed by atoms with Gasteiger partial charge in [-0.2, -0.15) is 0 Å². The molecule has 0 bridgehead atoms. The number of amides is 2. The average Bonchev–Trinajstić information content (AvgIpc) is 3.15. The van der Waals surface area contributed by atoms with Crippen molar-refractivity contribution in [3.63, 3.8) is 0 Å². The first-order valence-electron chi connectivity index (χ1n) is 9.85. The van der Waals surface area contributed by atoms with Crippen molar-refractivity contribution in [3.8, 4) is 0 Å². The Morgan fingerprint density at radius 2 is 2.07 bits per heavy atom. The number of aliphatic imine (C=N–C) groups is 1. The van der Waals surface area contributed by atoms with Gasteiger partial charge in [0.25, 0.3) is 0 Å². The Hall–Kier alpha value is -2.16. The Balaban J connectivity index is 1.82. The number of carbonyl (C=O) groups excluding carboxylic acids is 3. The van der Waals surface area contributed by atoms with Gasteiger partial charge in [0, 0.05) is 25.6 Å². The van der Waals surface area contributed by atoms with E-state index in [1.165, 1.54) is 0 Å². The largest absolute Gasteiger partial charge is 0.370 e. The van der Waals surface area contributed by atoms with Crippen LogP contribution in [-0.4, -0.2) is 66.7 Å². The fraction of sp³-hybridized carbons (Fsp3) is 0.778. The van der Waals surface area contributed by atoms with E-state index in [-0.39, 0.29) is 23.8 Å². The fourth-order valence-electron chi connectivity index (χ4n) is 3.74. The number of nitrogens with zero attached hydrogens (tertiary/aromatic N) is 2. The van der Waals surface area contributed by atoms with Gasteiger partial charge in [-0.1, -0.05) is 6.42 Å². The second-order valence-corrected chi connectivity index (χ2v) is 7.30. The van der Waals surface area contributed by atoms with Crippen molar-refractivity contribution < 1.29 is 14.4 Å². The van der Waals surface area contributed by atoms with Crippen LogP contribution in [0.1, 0.15) is 51.4 Å². The molecule has 6 N–H and O–H groups in total.